The van der Waals surface area contributed by atoms with Crippen LogP contribution in [0.2, 0.25) is 0 Å². The lowest BCUT2D eigenvalue weighted by Gasteiger charge is -2.25. The Kier molecular flexibility index (Phi) is 7.34. The SMILES string of the molecule is CCOC(=O)c1ccc(NC2=C[C@@H](c3ccc(O)cc3)N(c3ccc(C(=O)OCC)cc3)C2=O)cc1. The van der Waals surface area contributed by atoms with Crippen molar-refractivity contribution in [1.82, 2.24) is 0 Å². The molecule has 0 saturated carbocycles. The topological polar surface area (TPSA) is 105 Å². The van der Waals surface area contributed by atoms with Gasteiger partial charge in [-0.2, -0.15) is 0 Å². The van der Waals surface area contributed by atoms with Crippen molar-refractivity contribution in [3.63, 3.8) is 0 Å². The maximum absolute atomic E-state index is 13.5. The van der Waals surface area contributed by atoms with Crippen LogP contribution in [0, 0.1) is 0 Å². The fraction of sp³-hybridized carbons (Fsp3) is 0.179. The van der Waals surface area contributed by atoms with Gasteiger partial charge in [-0.15, -0.1) is 0 Å². The third-order valence-corrected chi connectivity index (χ3v) is 5.62. The van der Waals surface area contributed by atoms with Crippen LogP contribution in [0.25, 0.3) is 0 Å². The molecule has 3 aromatic rings. The van der Waals surface area contributed by atoms with E-state index in [4.69, 9.17) is 9.47 Å². The van der Waals surface area contributed by atoms with Crippen LogP contribution in [0.15, 0.2) is 84.6 Å². The Labute approximate surface area is 208 Å². The highest BCUT2D eigenvalue weighted by Crippen LogP contribution is 2.36. The highest BCUT2D eigenvalue weighted by Gasteiger charge is 2.35. The van der Waals surface area contributed by atoms with E-state index in [0.29, 0.717) is 28.2 Å². The molecule has 0 saturated heterocycles. The van der Waals surface area contributed by atoms with Gasteiger partial charge in [-0.3, -0.25) is 9.69 Å². The number of hydrogen-bond donors (Lipinski definition) is 2. The van der Waals surface area contributed by atoms with Crippen molar-refractivity contribution >= 4 is 29.2 Å². The smallest absolute Gasteiger partial charge is 0.338 e. The molecule has 1 aliphatic heterocycles. The van der Waals surface area contributed by atoms with Gasteiger partial charge >= 0.3 is 11.9 Å². The number of phenolic OH excluding ortho intramolecular Hbond substituents is 1. The second-order valence-corrected chi connectivity index (χ2v) is 7.98. The number of nitrogens with zero attached hydrogens (tertiary/aromatic N) is 1. The van der Waals surface area contributed by atoms with E-state index in [-0.39, 0.29) is 24.9 Å². The summed E-state index contributed by atoms with van der Waals surface area (Å²) in [5.41, 5.74) is 3.18. The molecule has 4 rings (SSSR count). The third-order valence-electron chi connectivity index (χ3n) is 5.62. The number of aromatic hydroxyl groups is 1. The zero-order chi connectivity index (χ0) is 25.7. The number of rotatable bonds is 8. The Bertz CT molecular complexity index is 1280. The Morgan fingerprint density at radius 1 is 0.833 bits per heavy atom. The summed E-state index contributed by atoms with van der Waals surface area (Å²) in [7, 11) is 0. The van der Waals surface area contributed by atoms with Crippen LogP contribution in [0.5, 0.6) is 5.75 Å². The number of hydrogen-bond acceptors (Lipinski definition) is 7. The molecule has 0 aliphatic carbocycles. The molecule has 8 nitrogen and oxygen atoms in total. The summed E-state index contributed by atoms with van der Waals surface area (Å²) in [4.78, 5) is 39.1. The molecule has 0 spiro atoms. The van der Waals surface area contributed by atoms with E-state index in [9.17, 15) is 19.5 Å². The van der Waals surface area contributed by atoms with Crippen LogP contribution in [-0.4, -0.2) is 36.2 Å². The molecular formula is C28H26N2O6. The summed E-state index contributed by atoms with van der Waals surface area (Å²) in [6, 6.07) is 19.5. The van der Waals surface area contributed by atoms with Crippen LogP contribution in [0.1, 0.15) is 46.2 Å². The first-order valence-corrected chi connectivity index (χ1v) is 11.6. The van der Waals surface area contributed by atoms with E-state index >= 15 is 0 Å². The van der Waals surface area contributed by atoms with Crippen molar-refractivity contribution in [3.05, 3.63) is 101 Å². The first-order chi connectivity index (χ1) is 17.4. The third kappa shape index (κ3) is 5.22. The molecule has 0 fully saturated rings. The fourth-order valence-corrected chi connectivity index (χ4v) is 3.88. The van der Waals surface area contributed by atoms with Crippen LogP contribution < -0.4 is 10.2 Å². The van der Waals surface area contributed by atoms with Gasteiger partial charge < -0.3 is 19.9 Å². The van der Waals surface area contributed by atoms with Gasteiger partial charge in [-0.25, -0.2) is 9.59 Å². The van der Waals surface area contributed by atoms with Crippen molar-refractivity contribution in [3.8, 4) is 5.75 Å². The normalized spacial score (nSPS) is 14.8. The summed E-state index contributed by atoms with van der Waals surface area (Å²) in [5.74, 6) is -0.993. The molecule has 1 aliphatic rings. The van der Waals surface area contributed by atoms with Crippen molar-refractivity contribution in [2.24, 2.45) is 0 Å². The zero-order valence-electron chi connectivity index (χ0n) is 19.9. The molecule has 0 unspecified atom stereocenters. The lowest BCUT2D eigenvalue weighted by molar-refractivity contribution is -0.114. The monoisotopic (exact) mass is 486 g/mol. The van der Waals surface area contributed by atoms with Crippen molar-refractivity contribution in [2.45, 2.75) is 19.9 Å². The van der Waals surface area contributed by atoms with Crippen molar-refractivity contribution in [2.75, 3.05) is 23.4 Å². The molecule has 2 N–H and O–H groups in total. The predicted molar refractivity (Wildman–Crippen MR) is 135 cm³/mol. The lowest BCUT2D eigenvalue weighted by atomic mass is 10.1. The van der Waals surface area contributed by atoms with Gasteiger partial charge in [0.1, 0.15) is 11.4 Å². The average molecular weight is 487 g/mol. The van der Waals surface area contributed by atoms with Gasteiger partial charge in [0.05, 0.1) is 30.4 Å². The van der Waals surface area contributed by atoms with E-state index in [1.807, 2.05) is 0 Å². The average Bonchev–Trinajstić information content (AvgIpc) is 3.21. The molecule has 0 bridgehead atoms. The number of ether oxygens (including phenoxy) is 2. The Morgan fingerprint density at radius 3 is 1.89 bits per heavy atom. The molecule has 1 heterocycles. The number of esters is 2. The minimum atomic E-state index is -0.451. The number of carbonyl (C=O) groups excluding carboxylic acids is 3. The van der Waals surface area contributed by atoms with Gasteiger partial charge in [0.25, 0.3) is 5.91 Å². The number of anilines is 2. The summed E-state index contributed by atoms with van der Waals surface area (Å²) >= 11 is 0. The van der Waals surface area contributed by atoms with Crippen LogP contribution >= 0.6 is 0 Å². The minimum Gasteiger partial charge on any atom is -0.508 e. The Balaban J connectivity index is 1.62. The standard InChI is InChI=1S/C28H26N2O6/c1-3-35-27(33)19-5-11-21(12-6-19)29-24-17-25(18-9-15-23(31)16-10-18)30(26(24)32)22-13-7-20(8-14-22)28(34)36-4-2/h5-17,25,29,31H,3-4H2,1-2H3/t25-/m0/s1. The highest BCUT2D eigenvalue weighted by molar-refractivity contribution is 6.11. The summed E-state index contributed by atoms with van der Waals surface area (Å²) < 4.78 is 10.1. The van der Waals surface area contributed by atoms with Crippen LogP contribution in [0.3, 0.4) is 0 Å². The molecule has 1 atom stereocenters. The van der Waals surface area contributed by atoms with Crippen molar-refractivity contribution < 1.29 is 29.0 Å². The molecule has 36 heavy (non-hydrogen) atoms. The first kappa shape index (κ1) is 24.5. The van der Waals surface area contributed by atoms with Crippen LogP contribution in [-0.2, 0) is 14.3 Å². The van der Waals surface area contributed by atoms with Gasteiger partial charge in [0.2, 0.25) is 0 Å². The van der Waals surface area contributed by atoms with Gasteiger partial charge in [-0.1, -0.05) is 12.1 Å². The number of nitrogens with one attached hydrogen (secondary N) is 1. The second-order valence-electron chi connectivity index (χ2n) is 7.98. The van der Waals surface area contributed by atoms with E-state index < -0.39 is 18.0 Å². The second kappa shape index (κ2) is 10.8. The molecule has 184 valence electrons. The van der Waals surface area contributed by atoms with Crippen LogP contribution in [0.4, 0.5) is 11.4 Å². The van der Waals surface area contributed by atoms with E-state index in [0.717, 1.165) is 5.56 Å². The number of benzene rings is 3. The van der Waals surface area contributed by atoms with E-state index in [1.54, 1.807) is 97.6 Å². The van der Waals surface area contributed by atoms with E-state index in [1.165, 1.54) is 0 Å². The van der Waals surface area contributed by atoms with Gasteiger partial charge in [0, 0.05) is 11.4 Å². The predicted octanol–water partition coefficient (Wildman–Crippen LogP) is 4.83. The summed E-state index contributed by atoms with van der Waals surface area (Å²) in [6.45, 7) is 4.04. The van der Waals surface area contributed by atoms with Gasteiger partial charge in [-0.05, 0) is 86.2 Å². The maximum Gasteiger partial charge on any atom is 0.338 e. The number of amides is 1. The number of phenols is 1. The lowest BCUT2D eigenvalue weighted by Crippen LogP contribution is -2.30. The molecule has 1 amide bonds. The van der Waals surface area contributed by atoms with Crippen molar-refractivity contribution in [1.29, 1.82) is 0 Å². The molecule has 8 heteroatoms. The van der Waals surface area contributed by atoms with Gasteiger partial charge in [0.15, 0.2) is 0 Å². The molecule has 3 aromatic carbocycles. The van der Waals surface area contributed by atoms with E-state index in [2.05, 4.69) is 5.32 Å². The minimum absolute atomic E-state index is 0.123. The fourth-order valence-electron chi connectivity index (χ4n) is 3.88. The Hall–Kier alpha value is -4.59. The molecule has 0 radical (unpaired) electrons. The molecular weight excluding hydrogens is 460 g/mol. The first-order valence-electron chi connectivity index (χ1n) is 11.6. The summed E-state index contributed by atoms with van der Waals surface area (Å²) in [5, 5.41) is 12.9. The highest BCUT2D eigenvalue weighted by atomic mass is 16.5. The quantitative estimate of drug-likeness (QED) is 0.440. The summed E-state index contributed by atoms with van der Waals surface area (Å²) in [6.07, 6.45) is 1.80. The Morgan fingerprint density at radius 2 is 1.36 bits per heavy atom. The molecule has 0 aromatic heterocycles. The zero-order valence-corrected chi connectivity index (χ0v) is 19.9. The number of carbonyl (C=O) groups is 3. The maximum atomic E-state index is 13.5. The largest absolute Gasteiger partial charge is 0.508 e.